The molecule has 0 aliphatic carbocycles. The Morgan fingerprint density at radius 1 is 1.15 bits per heavy atom. The van der Waals surface area contributed by atoms with E-state index in [0.29, 0.717) is 38.3 Å². The van der Waals surface area contributed by atoms with E-state index in [0.717, 1.165) is 23.2 Å². The van der Waals surface area contributed by atoms with Gasteiger partial charge in [0, 0.05) is 44.1 Å². The molecular formula is C25H31F3N4O2. The van der Waals surface area contributed by atoms with E-state index < -0.39 is 17.7 Å². The Morgan fingerprint density at radius 3 is 2.53 bits per heavy atom. The number of likely N-dealkylation sites (N-methyl/N-ethyl adjacent to an activating group) is 1. The summed E-state index contributed by atoms with van der Waals surface area (Å²) in [5.41, 5.74) is 1.74. The van der Waals surface area contributed by atoms with Gasteiger partial charge in [-0.25, -0.2) is 0 Å². The molecular weight excluding hydrogens is 445 g/mol. The van der Waals surface area contributed by atoms with E-state index in [9.17, 15) is 18.0 Å². The zero-order valence-corrected chi connectivity index (χ0v) is 19.7. The molecule has 0 saturated carbocycles. The molecule has 2 aromatic rings. The molecule has 0 bridgehead atoms. The first-order valence-electron chi connectivity index (χ1n) is 11.5. The van der Waals surface area contributed by atoms with E-state index in [2.05, 4.69) is 15.1 Å². The van der Waals surface area contributed by atoms with Crippen LogP contribution in [0.2, 0.25) is 0 Å². The van der Waals surface area contributed by atoms with Gasteiger partial charge < -0.3 is 24.8 Å². The third-order valence-electron chi connectivity index (χ3n) is 6.67. The lowest BCUT2D eigenvalue weighted by atomic mass is 9.82. The topological polar surface area (TPSA) is 48.1 Å². The molecule has 34 heavy (non-hydrogen) atoms. The number of benzene rings is 2. The second-order valence-corrected chi connectivity index (χ2v) is 9.15. The average Bonchev–Trinajstić information content (AvgIpc) is 2.82. The van der Waals surface area contributed by atoms with Crippen LogP contribution in [0.1, 0.15) is 11.1 Å². The lowest BCUT2D eigenvalue weighted by Gasteiger charge is -2.49. The molecule has 2 atom stereocenters. The van der Waals surface area contributed by atoms with Crippen LogP contribution in [0.25, 0.3) is 0 Å². The van der Waals surface area contributed by atoms with Crippen LogP contribution in [-0.4, -0.2) is 70.8 Å². The summed E-state index contributed by atoms with van der Waals surface area (Å²) in [5, 5.41) is 3.00. The highest BCUT2D eigenvalue weighted by atomic mass is 19.4. The monoisotopic (exact) mass is 476 g/mol. The number of ether oxygens (including phenoxy) is 1. The first-order valence-corrected chi connectivity index (χ1v) is 11.5. The van der Waals surface area contributed by atoms with Gasteiger partial charge in [-0.1, -0.05) is 0 Å². The second kappa shape index (κ2) is 9.74. The molecule has 0 unspecified atom stereocenters. The maximum atomic E-state index is 13.4. The summed E-state index contributed by atoms with van der Waals surface area (Å²) in [4.78, 5) is 19.6. The highest BCUT2D eigenvalue weighted by Crippen LogP contribution is 2.40. The van der Waals surface area contributed by atoms with Crippen LogP contribution in [0.15, 0.2) is 42.5 Å². The van der Waals surface area contributed by atoms with Crippen LogP contribution in [0.5, 0.6) is 5.75 Å². The van der Waals surface area contributed by atoms with Crippen molar-refractivity contribution in [3.63, 3.8) is 0 Å². The minimum Gasteiger partial charge on any atom is -0.497 e. The highest BCUT2D eigenvalue weighted by molar-refractivity contribution is 5.82. The molecule has 1 N–H and O–H groups in total. The predicted octanol–water partition coefficient (Wildman–Crippen LogP) is 3.26. The van der Waals surface area contributed by atoms with Gasteiger partial charge in [-0.05, 0) is 68.5 Å². The maximum Gasteiger partial charge on any atom is 0.416 e. The number of alkyl halides is 3. The number of carbonyl (C=O) groups is 1. The van der Waals surface area contributed by atoms with E-state index in [4.69, 9.17) is 4.74 Å². The molecule has 0 spiro atoms. The largest absolute Gasteiger partial charge is 0.497 e. The fourth-order valence-electron chi connectivity index (χ4n) is 4.86. The summed E-state index contributed by atoms with van der Waals surface area (Å²) in [5.74, 6) is 0.211. The molecule has 2 aliphatic rings. The van der Waals surface area contributed by atoms with E-state index >= 15 is 0 Å². The Morgan fingerprint density at radius 2 is 1.88 bits per heavy atom. The Labute approximate surface area is 198 Å². The summed E-state index contributed by atoms with van der Waals surface area (Å²) >= 11 is 0. The smallest absolute Gasteiger partial charge is 0.416 e. The van der Waals surface area contributed by atoms with Gasteiger partial charge >= 0.3 is 6.18 Å². The van der Waals surface area contributed by atoms with Crippen molar-refractivity contribution in [2.45, 2.75) is 18.6 Å². The molecule has 2 aromatic carbocycles. The van der Waals surface area contributed by atoms with Gasteiger partial charge in [0.25, 0.3) is 0 Å². The summed E-state index contributed by atoms with van der Waals surface area (Å²) in [6.45, 7) is 3.12. The average molecular weight is 477 g/mol. The second-order valence-electron chi connectivity index (χ2n) is 9.15. The number of piperazine rings is 1. The number of rotatable bonds is 6. The molecule has 9 heteroatoms. The molecule has 1 amide bonds. The van der Waals surface area contributed by atoms with E-state index in [-0.39, 0.29) is 18.4 Å². The summed E-state index contributed by atoms with van der Waals surface area (Å²) in [6.07, 6.45) is -4.13. The van der Waals surface area contributed by atoms with E-state index in [1.54, 1.807) is 13.2 Å². The minimum atomic E-state index is -4.41. The number of methoxy groups -OCH3 is 1. The first-order chi connectivity index (χ1) is 16.2. The van der Waals surface area contributed by atoms with Gasteiger partial charge in [0.1, 0.15) is 5.75 Å². The number of hydrogen-bond acceptors (Lipinski definition) is 5. The Bertz CT molecular complexity index is 1010. The third kappa shape index (κ3) is 5.09. The van der Waals surface area contributed by atoms with Crippen LogP contribution < -0.4 is 19.9 Å². The molecule has 2 heterocycles. The van der Waals surface area contributed by atoms with Crippen molar-refractivity contribution < 1.29 is 22.7 Å². The Balaban J connectivity index is 1.62. The molecule has 184 valence electrons. The van der Waals surface area contributed by atoms with Crippen molar-refractivity contribution in [1.29, 1.82) is 0 Å². The highest BCUT2D eigenvalue weighted by Gasteiger charge is 2.42. The minimum absolute atomic E-state index is 0.114. The Kier molecular flexibility index (Phi) is 6.93. The quantitative estimate of drug-likeness (QED) is 0.694. The van der Waals surface area contributed by atoms with Crippen LogP contribution in [0, 0.1) is 5.92 Å². The zero-order valence-electron chi connectivity index (χ0n) is 19.7. The number of amides is 1. The number of carbonyl (C=O) groups excluding carboxylic acids is 1. The predicted molar refractivity (Wildman–Crippen MR) is 127 cm³/mol. The van der Waals surface area contributed by atoms with Gasteiger partial charge in [-0.15, -0.1) is 0 Å². The first kappa shape index (κ1) is 24.2. The Hall–Kier alpha value is -2.94. The molecule has 0 aromatic heterocycles. The van der Waals surface area contributed by atoms with Gasteiger partial charge in [0.2, 0.25) is 5.91 Å². The molecule has 6 nitrogen and oxygen atoms in total. The standard InChI is InChI=1S/C25H31F3N4O2/c1-30(2)11-10-29-24(33)21-15-17-14-18(25(26,27)28)4-9-22(17)32-13-12-31(16-23(21)32)19-5-7-20(34-3)8-6-19/h4-9,14,21,23H,10-13,15-16H2,1-3H3,(H,29,33)/t21-,23+/m0/s1. The maximum absolute atomic E-state index is 13.4. The van der Waals surface area contributed by atoms with Crippen LogP contribution in [0.4, 0.5) is 24.5 Å². The van der Waals surface area contributed by atoms with Crippen molar-refractivity contribution in [3.05, 3.63) is 53.6 Å². The zero-order chi connectivity index (χ0) is 24.5. The molecule has 1 saturated heterocycles. The fourth-order valence-corrected chi connectivity index (χ4v) is 4.86. The number of anilines is 2. The molecule has 0 radical (unpaired) electrons. The van der Waals surface area contributed by atoms with Crippen LogP contribution >= 0.6 is 0 Å². The van der Waals surface area contributed by atoms with Crippen LogP contribution in [0.3, 0.4) is 0 Å². The van der Waals surface area contributed by atoms with Crippen molar-refractivity contribution in [2.24, 2.45) is 5.92 Å². The van der Waals surface area contributed by atoms with Crippen molar-refractivity contribution in [3.8, 4) is 5.75 Å². The summed E-state index contributed by atoms with van der Waals surface area (Å²) in [6, 6.07) is 11.6. The lowest BCUT2D eigenvalue weighted by Crippen LogP contribution is -2.61. The summed E-state index contributed by atoms with van der Waals surface area (Å²) in [7, 11) is 5.48. The van der Waals surface area contributed by atoms with Gasteiger partial charge in [0.15, 0.2) is 0 Å². The SMILES string of the molecule is COc1ccc(N2CCN3c4ccc(C(F)(F)F)cc4C[C@H](C(=O)NCCN(C)C)[C@H]3C2)cc1. The number of nitrogens with one attached hydrogen (secondary N) is 1. The van der Waals surface area contributed by atoms with Gasteiger partial charge in [0.05, 0.1) is 24.6 Å². The normalized spacial score (nSPS) is 20.1. The van der Waals surface area contributed by atoms with Gasteiger partial charge in [-0.3, -0.25) is 4.79 Å². The third-order valence-corrected chi connectivity index (χ3v) is 6.67. The summed E-state index contributed by atoms with van der Waals surface area (Å²) < 4.78 is 45.4. The number of halogens is 3. The molecule has 2 aliphatic heterocycles. The van der Waals surface area contributed by atoms with Crippen molar-refractivity contribution in [2.75, 3.05) is 63.7 Å². The molecule has 4 rings (SSSR count). The molecule has 1 fully saturated rings. The fraction of sp³-hybridized carbons (Fsp3) is 0.480. The van der Waals surface area contributed by atoms with E-state index in [1.165, 1.54) is 6.07 Å². The number of nitrogens with zero attached hydrogens (tertiary/aromatic N) is 3. The van der Waals surface area contributed by atoms with Crippen molar-refractivity contribution >= 4 is 17.3 Å². The lowest BCUT2D eigenvalue weighted by molar-refractivity contribution is -0.137. The number of hydrogen-bond donors (Lipinski definition) is 1. The van der Waals surface area contributed by atoms with Gasteiger partial charge in [-0.2, -0.15) is 13.2 Å². The van der Waals surface area contributed by atoms with Crippen molar-refractivity contribution in [1.82, 2.24) is 10.2 Å². The van der Waals surface area contributed by atoms with E-state index in [1.807, 2.05) is 43.3 Å². The number of fused-ring (bicyclic) bond motifs is 3. The van der Waals surface area contributed by atoms with Crippen LogP contribution in [-0.2, 0) is 17.4 Å².